The first kappa shape index (κ1) is 23.4. The summed E-state index contributed by atoms with van der Waals surface area (Å²) in [4.78, 5) is 18.2. The highest BCUT2D eigenvalue weighted by molar-refractivity contribution is 7.19. The fourth-order valence-corrected chi connectivity index (χ4v) is 4.68. The van der Waals surface area contributed by atoms with Crippen LogP contribution in [0.5, 0.6) is 17.2 Å². The maximum Gasteiger partial charge on any atom is 0.350 e. The Hall–Kier alpha value is -3.79. The number of aryl methyl sites for hydroxylation is 1. The van der Waals surface area contributed by atoms with Crippen molar-refractivity contribution >= 4 is 28.1 Å². The van der Waals surface area contributed by atoms with Gasteiger partial charge in [-0.25, -0.2) is 14.2 Å². The Bertz CT molecular complexity index is 1340. The molecule has 34 heavy (non-hydrogen) atoms. The van der Waals surface area contributed by atoms with Crippen LogP contribution >= 0.6 is 11.3 Å². The van der Waals surface area contributed by atoms with E-state index in [1.807, 2.05) is 17.4 Å². The lowest BCUT2D eigenvalue weighted by atomic mass is 10.1. The lowest BCUT2D eigenvalue weighted by Gasteiger charge is -2.13. The van der Waals surface area contributed by atoms with Gasteiger partial charge < -0.3 is 24.6 Å². The summed E-state index contributed by atoms with van der Waals surface area (Å²) >= 11 is 1.21. The van der Waals surface area contributed by atoms with Crippen LogP contribution in [0.4, 0.5) is 10.2 Å². The zero-order chi connectivity index (χ0) is 24.4. The van der Waals surface area contributed by atoms with Crippen molar-refractivity contribution in [3.8, 4) is 28.5 Å². The second kappa shape index (κ2) is 9.60. The molecular formula is C24H24FN3O5S. The number of phenols is 1. The number of aromatic nitrogens is 2. The normalized spacial score (nSPS) is 11.0. The molecule has 0 fully saturated rings. The van der Waals surface area contributed by atoms with Gasteiger partial charge >= 0.3 is 5.97 Å². The van der Waals surface area contributed by atoms with Gasteiger partial charge in [0.2, 0.25) is 5.75 Å². The zero-order valence-electron chi connectivity index (χ0n) is 19.1. The molecule has 0 bridgehead atoms. The van der Waals surface area contributed by atoms with E-state index in [2.05, 4.69) is 5.32 Å². The van der Waals surface area contributed by atoms with Crippen LogP contribution < -0.4 is 14.8 Å². The summed E-state index contributed by atoms with van der Waals surface area (Å²) in [5.41, 5.74) is 2.58. The quantitative estimate of drug-likeness (QED) is 0.338. The lowest BCUT2D eigenvalue weighted by molar-refractivity contribution is 0.0531. The summed E-state index contributed by atoms with van der Waals surface area (Å²) in [5, 5.41) is 13.7. The van der Waals surface area contributed by atoms with Crippen molar-refractivity contribution < 1.29 is 28.5 Å². The van der Waals surface area contributed by atoms with Crippen molar-refractivity contribution in [3.63, 3.8) is 0 Å². The highest BCUT2D eigenvalue weighted by Crippen LogP contribution is 2.43. The average molecular weight is 486 g/mol. The van der Waals surface area contributed by atoms with Crippen molar-refractivity contribution in [2.45, 2.75) is 20.4 Å². The largest absolute Gasteiger partial charge is 0.502 e. The van der Waals surface area contributed by atoms with Crippen LogP contribution in [0, 0.1) is 12.7 Å². The first-order valence-electron chi connectivity index (χ1n) is 10.5. The molecule has 0 radical (unpaired) electrons. The minimum absolute atomic E-state index is 0.121. The van der Waals surface area contributed by atoms with E-state index < -0.39 is 5.97 Å². The molecule has 0 aliphatic carbocycles. The van der Waals surface area contributed by atoms with E-state index in [0.717, 1.165) is 5.56 Å². The van der Waals surface area contributed by atoms with E-state index >= 15 is 0 Å². The molecule has 2 heterocycles. The SMILES string of the molecule is CCOC(=O)c1sc2nc(-c3cc(OC)c(O)c(OC)c3)c(NCc3cccc(F)c3)n2c1C. The van der Waals surface area contributed by atoms with Gasteiger partial charge in [0.25, 0.3) is 0 Å². The topological polar surface area (TPSA) is 94.3 Å². The number of benzene rings is 2. The number of esters is 1. The van der Waals surface area contributed by atoms with Gasteiger partial charge in [-0.3, -0.25) is 4.40 Å². The van der Waals surface area contributed by atoms with Gasteiger partial charge in [-0.15, -0.1) is 0 Å². The molecule has 0 spiro atoms. The molecule has 0 saturated carbocycles. The number of nitrogens with zero attached hydrogens (tertiary/aromatic N) is 2. The number of hydrogen-bond acceptors (Lipinski definition) is 8. The van der Waals surface area contributed by atoms with Crippen LogP contribution in [0.3, 0.4) is 0 Å². The third-order valence-electron chi connectivity index (χ3n) is 5.27. The number of phenolic OH excluding ortho intramolecular Hbond substituents is 1. The van der Waals surface area contributed by atoms with Gasteiger partial charge in [-0.2, -0.15) is 0 Å². The molecule has 8 nitrogen and oxygen atoms in total. The number of imidazole rings is 1. The summed E-state index contributed by atoms with van der Waals surface area (Å²) in [6.45, 7) is 4.14. The predicted octanol–water partition coefficient (Wildman–Crippen LogP) is 5.02. The first-order valence-corrected chi connectivity index (χ1v) is 11.3. The van der Waals surface area contributed by atoms with Crippen molar-refractivity contribution in [2.24, 2.45) is 0 Å². The summed E-state index contributed by atoms with van der Waals surface area (Å²) in [6, 6.07) is 9.59. The van der Waals surface area contributed by atoms with E-state index in [1.165, 1.54) is 37.7 Å². The van der Waals surface area contributed by atoms with E-state index in [4.69, 9.17) is 19.2 Å². The van der Waals surface area contributed by atoms with E-state index in [-0.39, 0.29) is 29.7 Å². The molecule has 10 heteroatoms. The number of carbonyl (C=O) groups excluding carboxylic acids is 1. The molecule has 178 valence electrons. The number of halogens is 1. The van der Waals surface area contributed by atoms with Crippen molar-refractivity contribution in [1.29, 1.82) is 0 Å². The first-order chi connectivity index (χ1) is 16.4. The zero-order valence-corrected chi connectivity index (χ0v) is 20.0. The van der Waals surface area contributed by atoms with E-state index in [0.29, 0.717) is 39.2 Å². The van der Waals surface area contributed by atoms with Crippen molar-refractivity contribution in [2.75, 3.05) is 26.1 Å². The number of methoxy groups -OCH3 is 2. The third kappa shape index (κ3) is 4.24. The highest BCUT2D eigenvalue weighted by Gasteiger charge is 2.25. The number of anilines is 1. The molecular weight excluding hydrogens is 461 g/mol. The van der Waals surface area contributed by atoms with Gasteiger partial charge in [0, 0.05) is 17.8 Å². The number of ether oxygens (including phenoxy) is 3. The second-order valence-electron chi connectivity index (χ2n) is 7.38. The number of aromatic hydroxyl groups is 1. The molecule has 0 aliphatic heterocycles. The Kier molecular flexibility index (Phi) is 6.60. The molecule has 2 N–H and O–H groups in total. The highest BCUT2D eigenvalue weighted by atomic mass is 32.1. The molecule has 2 aromatic heterocycles. The molecule has 0 saturated heterocycles. The maximum absolute atomic E-state index is 13.7. The molecule has 0 amide bonds. The predicted molar refractivity (Wildman–Crippen MR) is 128 cm³/mol. The third-order valence-corrected chi connectivity index (χ3v) is 6.39. The number of hydrogen-bond donors (Lipinski definition) is 2. The number of carbonyl (C=O) groups is 1. The number of fused-ring (bicyclic) bond motifs is 1. The van der Waals surface area contributed by atoms with Crippen LogP contribution in [0.1, 0.15) is 27.9 Å². The van der Waals surface area contributed by atoms with Gasteiger partial charge in [0.1, 0.15) is 22.2 Å². The summed E-state index contributed by atoms with van der Waals surface area (Å²) < 4.78 is 31.3. The Labute approximate surface area is 199 Å². The molecule has 2 aromatic carbocycles. The van der Waals surface area contributed by atoms with Crippen LogP contribution in [-0.4, -0.2) is 41.3 Å². The molecule has 0 aliphatic rings. The van der Waals surface area contributed by atoms with Crippen molar-refractivity contribution in [1.82, 2.24) is 9.38 Å². The smallest absolute Gasteiger partial charge is 0.350 e. The van der Waals surface area contributed by atoms with Gasteiger partial charge in [-0.05, 0) is 43.7 Å². The monoisotopic (exact) mass is 485 g/mol. The van der Waals surface area contributed by atoms with Crippen LogP contribution in [0.25, 0.3) is 16.2 Å². The standard InChI is InChI=1S/C24H24FN3O5S/c1-5-33-23(30)21-13(2)28-22(26-12-14-7-6-8-16(25)9-14)19(27-24(28)34-21)15-10-17(31-3)20(29)18(11-15)32-4/h6-11,26,29H,5,12H2,1-4H3. The summed E-state index contributed by atoms with van der Waals surface area (Å²) in [7, 11) is 2.89. The summed E-state index contributed by atoms with van der Waals surface area (Å²) in [5.74, 6) is 0.183. The van der Waals surface area contributed by atoms with Gasteiger partial charge in [0.05, 0.1) is 20.8 Å². The number of nitrogens with one attached hydrogen (secondary N) is 1. The van der Waals surface area contributed by atoms with Gasteiger partial charge in [-0.1, -0.05) is 23.5 Å². The molecule has 4 aromatic rings. The number of thiazole rings is 1. The maximum atomic E-state index is 13.7. The minimum atomic E-state index is -0.416. The Morgan fingerprint density at radius 1 is 1.21 bits per heavy atom. The van der Waals surface area contributed by atoms with E-state index in [1.54, 1.807) is 25.1 Å². The molecule has 0 atom stereocenters. The fourth-order valence-electron chi connectivity index (χ4n) is 3.66. The Morgan fingerprint density at radius 2 is 1.91 bits per heavy atom. The van der Waals surface area contributed by atoms with Gasteiger partial charge in [0.15, 0.2) is 16.5 Å². The molecule has 0 unspecified atom stereocenters. The molecule has 4 rings (SSSR count). The Morgan fingerprint density at radius 3 is 2.53 bits per heavy atom. The van der Waals surface area contributed by atoms with Crippen molar-refractivity contribution in [3.05, 3.63) is 58.3 Å². The van der Waals surface area contributed by atoms with E-state index in [9.17, 15) is 14.3 Å². The van der Waals surface area contributed by atoms with Crippen LogP contribution in [-0.2, 0) is 11.3 Å². The average Bonchev–Trinajstić information content (AvgIpc) is 3.34. The Balaban J connectivity index is 1.87. The lowest BCUT2D eigenvalue weighted by Crippen LogP contribution is -2.07. The van der Waals surface area contributed by atoms with Crippen LogP contribution in [0.2, 0.25) is 0 Å². The number of rotatable bonds is 8. The summed E-state index contributed by atoms with van der Waals surface area (Å²) in [6.07, 6.45) is 0. The minimum Gasteiger partial charge on any atom is -0.502 e. The fraction of sp³-hybridized carbons (Fsp3) is 0.250. The van der Waals surface area contributed by atoms with Crippen LogP contribution in [0.15, 0.2) is 36.4 Å². The second-order valence-corrected chi connectivity index (χ2v) is 8.35.